The maximum Gasteiger partial charge on any atom is 0.417 e. The maximum absolute atomic E-state index is 13.1. The number of alkyl halides is 6. The van der Waals surface area contributed by atoms with Gasteiger partial charge in [0.25, 0.3) is 5.91 Å². The highest BCUT2D eigenvalue weighted by atomic mass is 127. The molecule has 23 heavy (non-hydrogen) atoms. The summed E-state index contributed by atoms with van der Waals surface area (Å²) in [6.07, 6.45) is -9.62. The van der Waals surface area contributed by atoms with E-state index in [1.54, 1.807) is 22.6 Å². The lowest BCUT2D eigenvalue weighted by Crippen LogP contribution is -2.42. The summed E-state index contributed by atoms with van der Waals surface area (Å²) in [5.74, 6) is -2.39. The molecule has 0 unspecified atom stereocenters. The third-order valence-electron chi connectivity index (χ3n) is 3.76. The summed E-state index contributed by atoms with van der Waals surface area (Å²) in [6.45, 7) is -0.404. The second kappa shape index (κ2) is 6.48. The Morgan fingerprint density at radius 1 is 1.09 bits per heavy atom. The molecule has 1 aromatic carbocycles. The van der Waals surface area contributed by atoms with Crippen molar-refractivity contribution in [2.24, 2.45) is 5.92 Å². The Balaban J connectivity index is 2.20. The molecule has 0 atom stereocenters. The van der Waals surface area contributed by atoms with E-state index in [1.165, 1.54) is 6.07 Å². The number of piperidine rings is 1. The molecule has 1 heterocycles. The van der Waals surface area contributed by atoms with Crippen LogP contribution in [0.1, 0.15) is 28.8 Å². The van der Waals surface area contributed by atoms with Gasteiger partial charge < -0.3 is 4.90 Å². The average Bonchev–Trinajstić information content (AvgIpc) is 2.45. The number of halogens is 7. The molecule has 0 spiro atoms. The fourth-order valence-corrected chi connectivity index (χ4v) is 3.01. The topological polar surface area (TPSA) is 20.3 Å². The lowest BCUT2D eigenvalue weighted by Gasteiger charge is -2.33. The minimum atomic E-state index is -4.70. The Morgan fingerprint density at radius 2 is 1.65 bits per heavy atom. The van der Waals surface area contributed by atoms with Crippen LogP contribution in [-0.2, 0) is 6.18 Å². The normalized spacial score (nSPS) is 17.4. The standard InChI is InChI=1S/C14H12F6INO/c15-13(16,17)8-3-5-22(6-4-8)12(23)10-2-1-9(21)7-11(10)14(18,19)20/h1-2,7-8H,3-6H2. The second-order valence-electron chi connectivity index (χ2n) is 5.30. The largest absolute Gasteiger partial charge is 0.417 e. The molecule has 1 aliphatic heterocycles. The van der Waals surface area contributed by atoms with Crippen LogP contribution in [0.4, 0.5) is 26.3 Å². The highest BCUT2D eigenvalue weighted by molar-refractivity contribution is 14.1. The number of amides is 1. The number of hydrogen-bond acceptors (Lipinski definition) is 1. The first kappa shape index (κ1) is 18.3. The molecule has 0 N–H and O–H groups in total. The third kappa shape index (κ3) is 4.30. The van der Waals surface area contributed by atoms with Crippen molar-refractivity contribution in [1.29, 1.82) is 0 Å². The van der Waals surface area contributed by atoms with Crippen molar-refractivity contribution in [1.82, 2.24) is 4.90 Å². The third-order valence-corrected chi connectivity index (χ3v) is 4.43. The average molecular weight is 451 g/mol. The zero-order valence-electron chi connectivity index (χ0n) is 11.6. The molecule has 0 aliphatic carbocycles. The lowest BCUT2D eigenvalue weighted by molar-refractivity contribution is -0.183. The van der Waals surface area contributed by atoms with Crippen molar-refractivity contribution in [3.8, 4) is 0 Å². The highest BCUT2D eigenvalue weighted by Gasteiger charge is 2.42. The first-order chi connectivity index (χ1) is 10.5. The van der Waals surface area contributed by atoms with E-state index in [-0.39, 0.29) is 25.9 Å². The van der Waals surface area contributed by atoms with E-state index in [0.717, 1.165) is 17.0 Å². The van der Waals surface area contributed by atoms with Gasteiger partial charge in [-0.15, -0.1) is 0 Å². The summed E-state index contributed by atoms with van der Waals surface area (Å²) in [6, 6.07) is 3.30. The Labute approximate surface area is 142 Å². The fraction of sp³-hybridized carbons (Fsp3) is 0.500. The molecule has 1 saturated heterocycles. The molecule has 0 radical (unpaired) electrons. The quantitative estimate of drug-likeness (QED) is 0.447. The monoisotopic (exact) mass is 451 g/mol. The highest BCUT2D eigenvalue weighted by Crippen LogP contribution is 2.36. The van der Waals surface area contributed by atoms with Gasteiger partial charge in [-0.05, 0) is 53.6 Å². The van der Waals surface area contributed by atoms with Crippen LogP contribution in [0.15, 0.2) is 18.2 Å². The van der Waals surface area contributed by atoms with Gasteiger partial charge in [0.2, 0.25) is 0 Å². The predicted octanol–water partition coefficient (Wildman–Crippen LogP) is 4.72. The number of likely N-dealkylation sites (tertiary alicyclic amines) is 1. The van der Waals surface area contributed by atoms with E-state index in [1.807, 2.05) is 0 Å². The number of rotatable bonds is 1. The summed E-state index contributed by atoms with van der Waals surface area (Å²) < 4.78 is 77.3. The lowest BCUT2D eigenvalue weighted by atomic mass is 9.95. The van der Waals surface area contributed by atoms with Crippen LogP contribution in [0.5, 0.6) is 0 Å². The van der Waals surface area contributed by atoms with Crippen molar-refractivity contribution in [3.63, 3.8) is 0 Å². The van der Waals surface area contributed by atoms with Crippen molar-refractivity contribution >= 4 is 28.5 Å². The molecular weight excluding hydrogens is 439 g/mol. The van der Waals surface area contributed by atoms with Gasteiger partial charge >= 0.3 is 12.4 Å². The number of hydrogen-bond donors (Lipinski definition) is 0. The van der Waals surface area contributed by atoms with Gasteiger partial charge in [0.05, 0.1) is 17.0 Å². The zero-order valence-corrected chi connectivity index (χ0v) is 13.8. The number of carbonyl (C=O) groups is 1. The summed E-state index contributed by atoms with van der Waals surface area (Å²) in [7, 11) is 0. The van der Waals surface area contributed by atoms with Gasteiger partial charge in [-0.25, -0.2) is 0 Å². The molecule has 0 bridgehead atoms. The van der Waals surface area contributed by atoms with Gasteiger partial charge in [0.1, 0.15) is 0 Å². The molecular formula is C14H12F6INO. The first-order valence-electron chi connectivity index (χ1n) is 6.73. The van der Waals surface area contributed by atoms with E-state index >= 15 is 0 Å². The molecule has 9 heteroatoms. The van der Waals surface area contributed by atoms with E-state index in [4.69, 9.17) is 0 Å². The number of carbonyl (C=O) groups excluding carboxylic acids is 1. The van der Waals surface area contributed by atoms with Crippen LogP contribution in [0.2, 0.25) is 0 Å². The van der Waals surface area contributed by atoms with Crippen molar-refractivity contribution in [2.45, 2.75) is 25.2 Å². The van der Waals surface area contributed by atoms with Crippen LogP contribution >= 0.6 is 22.6 Å². The second-order valence-corrected chi connectivity index (χ2v) is 6.54. The Bertz CT molecular complexity index is 590. The van der Waals surface area contributed by atoms with Crippen LogP contribution in [-0.4, -0.2) is 30.1 Å². The predicted molar refractivity (Wildman–Crippen MR) is 78.8 cm³/mol. The van der Waals surface area contributed by atoms with E-state index < -0.39 is 35.3 Å². The van der Waals surface area contributed by atoms with Crippen molar-refractivity contribution in [2.75, 3.05) is 13.1 Å². The van der Waals surface area contributed by atoms with Crippen LogP contribution in [0.25, 0.3) is 0 Å². The summed E-state index contributed by atoms with van der Waals surface area (Å²) in [5, 5.41) is 0. The molecule has 1 aliphatic rings. The Morgan fingerprint density at radius 3 is 2.13 bits per heavy atom. The van der Waals surface area contributed by atoms with Gasteiger partial charge in [0.15, 0.2) is 0 Å². The molecule has 128 valence electrons. The Hall–Kier alpha value is -1.00. The minimum absolute atomic E-state index is 0.202. The number of benzene rings is 1. The van der Waals surface area contributed by atoms with E-state index in [2.05, 4.69) is 0 Å². The summed E-state index contributed by atoms with van der Waals surface area (Å²) in [4.78, 5) is 13.3. The molecule has 0 saturated carbocycles. The van der Waals surface area contributed by atoms with Crippen molar-refractivity contribution < 1.29 is 31.1 Å². The molecule has 1 amide bonds. The fourth-order valence-electron chi connectivity index (χ4n) is 2.52. The molecule has 2 nitrogen and oxygen atoms in total. The summed E-state index contributed by atoms with van der Waals surface area (Å²) in [5.41, 5.74) is -1.59. The minimum Gasteiger partial charge on any atom is -0.339 e. The zero-order chi connectivity index (χ0) is 17.4. The number of nitrogens with zero attached hydrogens (tertiary/aromatic N) is 1. The molecule has 2 rings (SSSR count). The molecule has 1 aromatic rings. The van der Waals surface area contributed by atoms with Crippen molar-refractivity contribution in [3.05, 3.63) is 32.9 Å². The van der Waals surface area contributed by atoms with Crippen LogP contribution in [0.3, 0.4) is 0 Å². The van der Waals surface area contributed by atoms with Crippen LogP contribution in [0, 0.1) is 9.49 Å². The van der Waals surface area contributed by atoms with Gasteiger partial charge in [-0.1, -0.05) is 0 Å². The van der Waals surface area contributed by atoms with Gasteiger partial charge in [-0.2, -0.15) is 26.3 Å². The Kier molecular flexibility index (Phi) is 5.17. The summed E-state index contributed by atoms with van der Waals surface area (Å²) >= 11 is 1.70. The smallest absolute Gasteiger partial charge is 0.339 e. The maximum atomic E-state index is 13.1. The first-order valence-corrected chi connectivity index (χ1v) is 7.81. The van der Waals surface area contributed by atoms with Gasteiger partial charge in [0, 0.05) is 16.7 Å². The van der Waals surface area contributed by atoms with Gasteiger partial charge in [-0.3, -0.25) is 4.79 Å². The van der Waals surface area contributed by atoms with E-state index in [0.29, 0.717) is 3.57 Å². The SMILES string of the molecule is O=C(c1ccc(I)cc1C(F)(F)F)N1CCC(C(F)(F)F)CC1. The van der Waals surface area contributed by atoms with E-state index in [9.17, 15) is 31.1 Å². The van der Waals surface area contributed by atoms with Crippen LogP contribution < -0.4 is 0 Å². The molecule has 1 fully saturated rings. The molecule has 0 aromatic heterocycles.